The van der Waals surface area contributed by atoms with E-state index in [1.54, 1.807) is 0 Å². The van der Waals surface area contributed by atoms with Crippen LogP contribution in [0, 0.1) is 0 Å². The zero-order chi connectivity index (χ0) is 22.7. The fraction of sp³-hybridized carbons (Fsp3) is 0.375. The molecule has 4 rings (SSSR count). The van der Waals surface area contributed by atoms with Gasteiger partial charge in [-0.1, -0.05) is 30.3 Å². The number of methoxy groups -OCH3 is 1. The van der Waals surface area contributed by atoms with E-state index in [0.717, 1.165) is 36.4 Å². The number of anilines is 1. The summed E-state index contributed by atoms with van der Waals surface area (Å²) in [6, 6.07) is 10.2. The van der Waals surface area contributed by atoms with Crippen molar-refractivity contribution in [3.05, 3.63) is 63.0 Å². The Morgan fingerprint density at radius 2 is 1.81 bits per heavy atom. The number of carboxylic acids is 1. The van der Waals surface area contributed by atoms with Gasteiger partial charge in [-0.3, -0.25) is 9.69 Å². The molecule has 7 nitrogen and oxygen atoms in total. The molecule has 8 heteroatoms. The minimum absolute atomic E-state index is 0.170. The Kier molecular flexibility index (Phi) is 6.72. The summed E-state index contributed by atoms with van der Waals surface area (Å²) in [5, 5.41) is 12.8. The van der Waals surface area contributed by atoms with Crippen molar-refractivity contribution in [1.29, 1.82) is 0 Å². The fourth-order valence-electron chi connectivity index (χ4n) is 4.41. The van der Waals surface area contributed by atoms with Crippen LogP contribution in [-0.4, -0.2) is 41.5 Å². The molecule has 1 aromatic carbocycles. The monoisotopic (exact) mass is 454 g/mol. The number of rotatable bonds is 6. The Morgan fingerprint density at radius 1 is 1.09 bits per heavy atom. The number of hydrogen-bond acceptors (Lipinski definition) is 6. The number of ether oxygens (including phenoxy) is 1. The number of thiophene rings is 1. The number of nitrogens with one attached hydrogen (secondary N) is 1. The maximum atomic E-state index is 13.0. The van der Waals surface area contributed by atoms with Crippen molar-refractivity contribution in [2.75, 3.05) is 19.0 Å². The molecule has 1 amide bonds. The molecule has 1 aliphatic heterocycles. The van der Waals surface area contributed by atoms with Gasteiger partial charge >= 0.3 is 11.9 Å². The third-order valence-electron chi connectivity index (χ3n) is 6.00. The number of aliphatic carboxylic acids is 1. The first-order chi connectivity index (χ1) is 15.5. The van der Waals surface area contributed by atoms with Crippen molar-refractivity contribution in [3.63, 3.8) is 0 Å². The Balaban J connectivity index is 1.60. The molecule has 0 radical (unpaired) electrons. The van der Waals surface area contributed by atoms with Crippen molar-refractivity contribution in [3.8, 4) is 0 Å². The molecule has 2 N–H and O–H groups in total. The van der Waals surface area contributed by atoms with Gasteiger partial charge in [0, 0.05) is 35.7 Å². The lowest BCUT2D eigenvalue weighted by Gasteiger charge is -2.27. The fourth-order valence-corrected chi connectivity index (χ4v) is 5.68. The molecule has 1 aliphatic carbocycles. The molecular weight excluding hydrogens is 428 g/mol. The Labute approximate surface area is 190 Å². The number of hydrogen-bond donors (Lipinski definition) is 2. The van der Waals surface area contributed by atoms with Crippen LogP contribution in [0.15, 0.2) is 41.5 Å². The van der Waals surface area contributed by atoms with E-state index >= 15 is 0 Å². The number of carbonyl (C=O) groups is 3. The third-order valence-corrected chi connectivity index (χ3v) is 7.13. The first-order valence-corrected chi connectivity index (χ1v) is 11.6. The van der Waals surface area contributed by atoms with Gasteiger partial charge in [-0.25, -0.2) is 9.59 Å². The minimum Gasteiger partial charge on any atom is -0.478 e. The molecular formula is C24H26N2O5S. The van der Waals surface area contributed by atoms with Gasteiger partial charge in [-0.05, 0) is 43.2 Å². The molecule has 0 saturated heterocycles. The standard InChI is InChI=1S/C24H26N2O5S/c1-31-24(30)20-18-11-12-26(13-15-7-3-2-4-8-15)14-19(18)32-22(20)25-21(27)16-9-5-6-10-17(16)23(28)29/h2-4,7-8H,5-6,9-14H2,1H3,(H,25,27)(H,28,29). The average molecular weight is 455 g/mol. The second-order valence-corrected chi connectivity index (χ2v) is 9.17. The van der Waals surface area contributed by atoms with Crippen molar-refractivity contribution in [2.24, 2.45) is 0 Å². The molecule has 0 saturated carbocycles. The number of carboxylic acid groups (broad SMARTS) is 1. The average Bonchev–Trinajstić information content (AvgIpc) is 3.16. The Morgan fingerprint density at radius 3 is 2.50 bits per heavy atom. The SMILES string of the molecule is COC(=O)c1c(NC(=O)C2=C(C(=O)O)CCCC2)sc2c1CCN(Cc1ccccc1)C2. The summed E-state index contributed by atoms with van der Waals surface area (Å²) in [7, 11) is 1.33. The van der Waals surface area contributed by atoms with Crippen LogP contribution in [0.2, 0.25) is 0 Å². The van der Waals surface area contributed by atoms with Gasteiger partial charge in [0.1, 0.15) is 5.00 Å². The quantitative estimate of drug-likeness (QED) is 0.641. The van der Waals surface area contributed by atoms with Crippen molar-refractivity contribution >= 4 is 34.2 Å². The second kappa shape index (κ2) is 9.67. The van der Waals surface area contributed by atoms with Gasteiger partial charge in [-0.2, -0.15) is 0 Å². The predicted octanol–water partition coefficient (Wildman–Crippen LogP) is 3.99. The summed E-state index contributed by atoms with van der Waals surface area (Å²) in [6.07, 6.45) is 3.03. The number of nitrogens with zero attached hydrogens (tertiary/aromatic N) is 1. The Bertz CT molecular complexity index is 1070. The van der Waals surface area contributed by atoms with Crippen LogP contribution in [0.1, 0.15) is 52.0 Å². The summed E-state index contributed by atoms with van der Waals surface area (Å²) in [5.41, 5.74) is 3.01. The van der Waals surface area contributed by atoms with Crippen LogP contribution in [0.4, 0.5) is 5.00 Å². The summed E-state index contributed by atoms with van der Waals surface area (Å²) < 4.78 is 5.01. The van der Waals surface area contributed by atoms with Crippen molar-refractivity contribution in [2.45, 2.75) is 45.2 Å². The number of carbonyl (C=O) groups excluding carboxylic acids is 2. The van der Waals surface area contributed by atoms with Gasteiger partial charge in [-0.15, -0.1) is 11.3 Å². The van der Waals surface area contributed by atoms with Gasteiger partial charge in [0.05, 0.1) is 12.7 Å². The highest BCUT2D eigenvalue weighted by atomic mass is 32.1. The van der Waals surface area contributed by atoms with Crippen molar-refractivity contribution in [1.82, 2.24) is 4.90 Å². The third kappa shape index (κ3) is 4.61. The summed E-state index contributed by atoms with van der Waals surface area (Å²) in [4.78, 5) is 40.5. The lowest BCUT2D eigenvalue weighted by Crippen LogP contribution is -2.29. The molecule has 32 heavy (non-hydrogen) atoms. The zero-order valence-electron chi connectivity index (χ0n) is 18.0. The number of amides is 1. The smallest absolute Gasteiger partial charge is 0.341 e. The Hall–Kier alpha value is -2.97. The van der Waals surface area contributed by atoms with Crippen LogP contribution in [0.5, 0.6) is 0 Å². The zero-order valence-corrected chi connectivity index (χ0v) is 18.8. The molecule has 0 fully saturated rings. The molecule has 2 aliphatic rings. The number of fused-ring (bicyclic) bond motifs is 1. The van der Waals surface area contributed by atoms with Crippen LogP contribution in [-0.2, 0) is 33.8 Å². The van der Waals surface area contributed by atoms with E-state index in [9.17, 15) is 19.5 Å². The lowest BCUT2D eigenvalue weighted by atomic mass is 9.91. The highest BCUT2D eigenvalue weighted by Crippen LogP contribution is 2.38. The molecule has 2 aromatic rings. The number of esters is 1. The largest absolute Gasteiger partial charge is 0.478 e. The molecule has 168 valence electrons. The number of benzene rings is 1. The van der Waals surface area contributed by atoms with E-state index in [1.165, 1.54) is 24.0 Å². The highest BCUT2D eigenvalue weighted by molar-refractivity contribution is 7.17. The van der Waals surface area contributed by atoms with E-state index in [2.05, 4.69) is 22.3 Å². The predicted molar refractivity (Wildman–Crippen MR) is 122 cm³/mol. The molecule has 2 heterocycles. The van der Waals surface area contributed by atoms with Crippen LogP contribution < -0.4 is 5.32 Å². The van der Waals surface area contributed by atoms with Gasteiger partial charge < -0.3 is 15.2 Å². The molecule has 0 atom stereocenters. The maximum Gasteiger partial charge on any atom is 0.341 e. The molecule has 1 aromatic heterocycles. The van der Waals surface area contributed by atoms with Crippen molar-refractivity contribution < 1.29 is 24.2 Å². The van der Waals surface area contributed by atoms with Gasteiger partial charge in [0.25, 0.3) is 5.91 Å². The summed E-state index contributed by atoms with van der Waals surface area (Å²) in [6.45, 7) is 2.28. The molecule has 0 bridgehead atoms. The topological polar surface area (TPSA) is 95.9 Å². The van der Waals surface area contributed by atoms with Crippen LogP contribution in [0.3, 0.4) is 0 Å². The molecule has 0 unspecified atom stereocenters. The first kappa shape index (κ1) is 22.2. The normalized spacial score (nSPS) is 16.4. The van der Waals surface area contributed by atoms with Crippen LogP contribution in [0.25, 0.3) is 0 Å². The van der Waals surface area contributed by atoms with E-state index in [4.69, 9.17) is 4.74 Å². The van der Waals surface area contributed by atoms with Gasteiger partial charge in [0.15, 0.2) is 0 Å². The summed E-state index contributed by atoms with van der Waals surface area (Å²) in [5.74, 6) is -1.97. The highest BCUT2D eigenvalue weighted by Gasteiger charge is 2.31. The van der Waals surface area contributed by atoms with E-state index < -0.39 is 17.8 Å². The van der Waals surface area contributed by atoms with E-state index in [-0.39, 0.29) is 5.57 Å². The van der Waals surface area contributed by atoms with Crippen LogP contribution >= 0.6 is 11.3 Å². The maximum absolute atomic E-state index is 13.0. The van der Waals surface area contributed by atoms with E-state index in [1.807, 2.05) is 18.2 Å². The first-order valence-electron chi connectivity index (χ1n) is 10.7. The van der Waals surface area contributed by atoms with E-state index in [0.29, 0.717) is 41.9 Å². The second-order valence-electron chi connectivity index (χ2n) is 8.07. The van der Waals surface area contributed by atoms with Gasteiger partial charge in [0.2, 0.25) is 0 Å². The lowest BCUT2D eigenvalue weighted by molar-refractivity contribution is -0.133. The summed E-state index contributed by atoms with van der Waals surface area (Å²) >= 11 is 1.38. The minimum atomic E-state index is -1.05. The molecule has 0 spiro atoms.